The Morgan fingerprint density at radius 3 is 2.14 bits per heavy atom. The van der Waals surface area contributed by atoms with Crippen LogP contribution in [0.25, 0.3) is 12.2 Å². The van der Waals surface area contributed by atoms with E-state index in [4.69, 9.17) is 22.1 Å². The minimum absolute atomic E-state index is 0. The van der Waals surface area contributed by atoms with Crippen molar-refractivity contribution in [1.29, 1.82) is 0 Å². The molecule has 0 heterocycles. The first-order valence-corrected chi connectivity index (χ1v) is 12.0. The second kappa shape index (κ2) is 18.7. The van der Waals surface area contributed by atoms with E-state index in [1.165, 1.54) is 18.2 Å². The summed E-state index contributed by atoms with van der Waals surface area (Å²) in [6.07, 6.45) is 2.40. The van der Waals surface area contributed by atoms with Crippen LogP contribution in [0.5, 0.6) is 0 Å². The number of benzene rings is 2. The monoisotopic (exact) mass is 557 g/mol. The number of hydrogen-bond donors (Lipinski definition) is 1. The maximum Gasteiger partial charge on any atom is 1.00 e. The molecule has 0 fully saturated rings. The fourth-order valence-electron chi connectivity index (χ4n) is 2.49. The molecule has 0 spiro atoms. The zero-order valence-corrected chi connectivity index (χ0v) is 25.8. The molecule has 0 aliphatic carbocycles. The van der Waals surface area contributed by atoms with E-state index in [2.05, 4.69) is 11.4 Å². The average molecular weight is 558 g/mol. The largest absolute Gasteiger partial charge is 1.00 e. The van der Waals surface area contributed by atoms with Gasteiger partial charge in [0.25, 0.3) is 0 Å². The van der Waals surface area contributed by atoms with Crippen molar-refractivity contribution in [2.75, 3.05) is 18.5 Å². The number of carbonyl (C=O) groups excluding carboxylic acids is 2. The van der Waals surface area contributed by atoms with E-state index in [9.17, 15) is 22.6 Å². The molecule has 0 atom stereocenters. The minimum atomic E-state index is -4.79. The van der Waals surface area contributed by atoms with Gasteiger partial charge < -0.3 is 14.0 Å². The molecule has 184 valence electrons. The molecule has 36 heavy (non-hydrogen) atoms. The summed E-state index contributed by atoms with van der Waals surface area (Å²) in [5.74, 6) is -0.337. The first kappa shape index (κ1) is 36.6. The van der Waals surface area contributed by atoms with Gasteiger partial charge in [0.1, 0.15) is 10.1 Å². The molecule has 2 rings (SSSR count). The Morgan fingerprint density at radius 1 is 1.03 bits per heavy atom. The second-order valence-electron chi connectivity index (χ2n) is 6.22. The van der Waals surface area contributed by atoms with Gasteiger partial charge in [0.05, 0.1) is 18.1 Å². The van der Waals surface area contributed by atoms with Crippen molar-refractivity contribution in [2.45, 2.75) is 25.2 Å². The van der Waals surface area contributed by atoms with E-state index >= 15 is 0 Å². The summed E-state index contributed by atoms with van der Waals surface area (Å²) in [5.41, 5.74) is 1.62. The van der Waals surface area contributed by atoms with Crippen molar-refractivity contribution in [1.82, 2.24) is 0 Å². The third kappa shape index (κ3) is 14.9. The Labute approximate surface area is 255 Å². The first-order valence-electron chi connectivity index (χ1n) is 9.61. The predicted molar refractivity (Wildman–Crippen MR) is 119 cm³/mol. The SMILES string of the molecule is CCOC(=O)Cc1c[c-]c(/C=C/c2ccc(NC(=O)OCC)cc2S(=O)(=O)[O-])cc1.O=S(=O)=O.[Na+].[Na+]. The normalized spacial score (nSPS) is 10.1. The zero-order chi connectivity index (χ0) is 25.7. The Bertz CT molecular complexity index is 1240. The van der Waals surface area contributed by atoms with E-state index in [1.54, 1.807) is 38.1 Å². The molecule has 0 radical (unpaired) electrons. The van der Waals surface area contributed by atoms with Crippen molar-refractivity contribution in [2.24, 2.45) is 0 Å². The molecule has 0 aliphatic rings. The van der Waals surface area contributed by atoms with Gasteiger partial charge in [-0.3, -0.25) is 10.1 Å². The molecule has 0 aliphatic heterocycles. The Balaban J connectivity index is 0. The van der Waals surface area contributed by atoms with Crippen LogP contribution in [-0.4, -0.2) is 50.9 Å². The molecular formula is C21H21NNa2O10S2. The molecule has 1 N–H and O–H groups in total. The molecule has 15 heteroatoms. The van der Waals surface area contributed by atoms with Crippen molar-refractivity contribution >= 4 is 50.6 Å². The van der Waals surface area contributed by atoms with Gasteiger partial charge in [0, 0.05) is 12.1 Å². The van der Waals surface area contributed by atoms with Crippen molar-refractivity contribution < 1.29 is 104 Å². The van der Waals surface area contributed by atoms with Crippen LogP contribution in [0.4, 0.5) is 10.5 Å². The summed E-state index contributed by atoms with van der Waals surface area (Å²) in [7, 11) is -7.90. The van der Waals surface area contributed by atoms with Crippen molar-refractivity contribution in [3.05, 3.63) is 59.2 Å². The maximum absolute atomic E-state index is 11.6. The number of rotatable bonds is 8. The average Bonchev–Trinajstić information content (AvgIpc) is 2.73. The summed E-state index contributed by atoms with van der Waals surface area (Å²) >= 11 is 0. The zero-order valence-electron chi connectivity index (χ0n) is 20.1. The van der Waals surface area contributed by atoms with Gasteiger partial charge in [0.15, 0.2) is 0 Å². The van der Waals surface area contributed by atoms with E-state index in [-0.39, 0.29) is 89.4 Å². The molecule has 0 unspecified atom stereocenters. The van der Waals surface area contributed by atoms with E-state index < -0.39 is 31.7 Å². The third-order valence-corrected chi connectivity index (χ3v) is 4.69. The smallest absolute Gasteiger partial charge is 0.744 e. The summed E-state index contributed by atoms with van der Waals surface area (Å²) in [6.45, 7) is 3.81. The van der Waals surface area contributed by atoms with Crippen LogP contribution in [0.15, 0.2) is 41.3 Å². The van der Waals surface area contributed by atoms with Crippen molar-refractivity contribution in [3.63, 3.8) is 0 Å². The summed E-state index contributed by atoms with van der Waals surface area (Å²) in [4.78, 5) is 22.5. The van der Waals surface area contributed by atoms with Gasteiger partial charge in [-0.05, 0) is 31.5 Å². The number of anilines is 1. The number of ether oxygens (including phenoxy) is 2. The van der Waals surface area contributed by atoms with Crippen LogP contribution in [0.1, 0.15) is 30.5 Å². The third-order valence-electron chi connectivity index (χ3n) is 3.80. The van der Waals surface area contributed by atoms with Gasteiger partial charge in [0.2, 0.25) is 0 Å². The fourth-order valence-corrected chi connectivity index (χ4v) is 3.19. The molecule has 1 amide bonds. The number of amides is 1. The number of esters is 1. The Kier molecular flexibility index (Phi) is 19.0. The minimum Gasteiger partial charge on any atom is -0.744 e. The van der Waals surface area contributed by atoms with Crippen LogP contribution in [0, 0.1) is 6.07 Å². The molecule has 0 aromatic heterocycles. The van der Waals surface area contributed by atoms with E-state index in [0.717, 1.165) is 11.6 Å². The molecule has 0 saturated heterocycles. The van der Waals surface area contributed by atoms with Gasteiger partial charge in [-0.25, -0.2) is 13.2 Å². The van der Waals surface area contributed by atoms with Crippen LogP contribution < -0.4 is 64.4 Å². The standard InChI is InChI=1S/C21H22NO7S.2Na.O3S/c1-3-28-20(23)13-16-7-5-15(6-8-16)9-10-17-11-12-18(22-21(24)29-4-2)14-19(17)30(25,26)27;;;1-4(2)3/h5,7-12,14H,3-4,13H2,1-2H3,(H,22,24)(H,25,26,27);;;/q-1;2*+1;/p-1/b10-9+;;;. The Hall–Kier alpha value is -1.55. The predicted octanol–water partition coefficient (Wildman–Crippen LogP) is -3.76. The van der Waals surface area contributed by atoms with Gasteiger partial charge >= 0.3 is 81.8 Å². The second-order valence-corrected chi connectivity index (χ2v) is 7.98. The molecule has 2 aromatic carbocycles. The van der Waals surface area contributed by atoms with Crippen LogP contribution >= 0.6 is 0 Å². The molecular weight excluding hydrogens is 536 g/mol. The van der Waals surface area contributed by atoms with E-state index in [1.807, 2.05) is 0 Å². The van der Waals surface area contributed by atoms with Crippen LogP contribution in [-0.2, 0) is 41.4 Å². The van der Waals surface area contributed by atoms with Crippen LogP contribution in [0.2, 0.25) is 0 Å². The molecule has 2 aromatic rings. The number of nitrogens with one attached hydrogen (secondary N) is 1. The molecule has 11 nitrogen and oxygen atoms in total. The number of carbonyl (C=O) groups is 2. The quantitative estimate of drug-likeness (QED) is 0.112. The topological polar surface area (TPSA) is 173 Å². The summed E-state index contributed by atoms with van der Waals surface area (Å²) in [6, 6.07) is 12.0. The summed E-state index contributed by atoms with van der Waals surface area (Å²) < 4.78 is 69.9. The Morgan fingerprint density at radius 2 is 1.64 bits per heavy atom. The molecule has 0 bridgehead atoms. The van der Waals surface area contributed by atoms with Crippen LogP contribution in [0.3, 0.4) is 0 Å². The van der Waals surface area contributed by atoms with Crippen molar-refractivity contribution in [3.8, 4) is 0 Å². The fraction of sp³-hybridized carbons (Fsp3) is 0.238. The molecule has 0 saturated carbocycles. The number of hydrogen-bond acceptors (Lipinski definition) is 10. The first-order chi connectivity index (χ1) is 16.0. The maximum atomic E-state index is 11.6. The summed E-state index contributed by atoms with van der Waals surface area (Å²) in [5, 5.41) is 2.35. The van der Waals surface area contributed by atoms with E-state index in [0.29, 0.717) is 12.2 Å². The van der Waals surface area contributed by atoms with Gasteiger partial charge in [-0.15, -0.1) is 48.5 Å². The van der Waals surface area contributed by atoms with Gasteiger partial charge in [-0.2, -0.15) is 5.56 Å². The van der Waals surface area contributed by atoms with Gasteiger partial charge in [-0.1, -0.05) is 12.1 Å².